The van der Waals surface area contributed by atoms with Gasteiger partial charge in [-0.05, 0) is 95.1 Å². The van der Waals surface area contributed by atoms with Crippen molar-refractivity contribution in [1.29, 1.82) is 0 Å². The zero-order valence-corrected chi connectivity index (χ0v) is 23.4. The van der Waals surface area contributed by atoms with Gasteiger partial charge in [0.2, 0.25) is 0 Å². The predicted molar refractivity (Wildman–Crippen MR) is 154 cm³/mol. The Morgan fingerprint density at radius 1 is 1.15 bits per heavy atom. The van der Waals surface area contributed by atoms with E-state index in [0.717, 1.165) is 48.3 Å². The molecule has 1 fully saturated rings. The number of para-hydroxylation sites is 1. The van der Waals surface area contributed by atoms with E-state index in [-0.39, 0.29) is 6.10 Å². The third-order valence-corrected chi connectivity index (χ3v) is 7.36. The van der Waals surface area contributed by atoms with Crippen LogP contribution in [0, 0.1) is 6.92 Å². The third kappa shape index (κ3) is 5.91. The number of benzene rings is 2. The number of carbonyl (C=O) groups excluding carboxylic acids is 1. The Labute approximate surface area is 229 Å². The van der Waals surface area contributed by atoms with Crippen LogP contribution in [0.15, 0.2) is 48.7 Å². The van der Waals surface area contributed by atoms with Crippen molar-refractivity contribution in [3.8, 4) is 5.75 Å². The van der Waals surface area contributed by atoms with Crippen LogP contribution < -0.4 is 10.1 Å². The second-order valence-electron chi connectivity index (χ2n) is 10.6. The highest BCUT2D eigenvalue weighted by Gasteiger charge is 2.23. The first-order valence-electron chi connectivity index (χ1n) is 13.6. The highest BCUT2D eigenvalue weighted by atomic mass is 16.5. The Hall–Kier alpha value is -3.91. The molecule has 0 unspecified atom stereocenters. The van der Waals surface area contributed by atoms with Crippen molar-refractivity contribution in [1.82, 2.24) is 19.9 Å². The maximum atomic E-state index is 12.3. The Balaban J connectivity index is 1.50. The fourth-order valence-electron chi connectivity index (χ4n) is 5.37. The van der Waals surface area contributed by atoms with Gasteiger partial charge >= 0.3 is 5.97 Å². The molecule has 1 saturated heterocycles. The molecule has 8 heteroatoms. The summed E-state index contributed by atoms with van der Waals surface area (Å²) in [5, 5.41) is 3.34. The molecule has 0 saturated carbocycles. The van der Waals surface area contributed by atoms with Crippen LogP contribution in [-0.2, 0) is 11.2 Å². The average Bonchev–Trinajstić information content (AvgIpc) is 3.39. The fraction of sp³-hybridized carbons (Fsp3) is 0.387. The van der Waals surface area contributed by atoms with E-state index in [9.17, 15) is 4.79 Å². The number of H-pyrrole nitrogens is 1. The molecule has 0 amide bonds. The van der Waals surface area contributed by atoms with Gasteiger partial charge in [0.1, 0.15) is 17.1 Å². The van der Waals surface area contributed by atoms with E-state index in [1.165, 1.54) is 18.2 Å². The van der Waals surface area contributed by atoms with Gasteiger partial charge in [-0.3, -0.25) is 0 Å². The molecule has 0 radical (unpaired) electrons. The average molecular weight is 528 g/mol. The summed E-state index contributed by atoms with van der Waals surface area (Å²) in [5.41, 5.74) is 6.35. The van der Waals surface area contributed by atoms with Crippen molar-refractivity contribution in [3.05, 3.63) is 76.7 Å². The summed E-state index contributed by atoms with van der Waals surface area (Å²) >= 11 is 0. The molecule has 0 aliphatic carbocycles. The van der Waals surface area contributed by atoms with Crippen molar-refractivity contribution in [2.24, 2.45) is 0 Å². The van der Waals surface area contributed by atoms with Crippen LogP contribution >= 0.6 is 0 Å². The van der Waals surface area contributed by atoms with Crippen molar-refractivity contribution in [2.45, 2.75) is 52.1 Å². The summed E-state index contributed by atoms with van der Waals surface area (Å²) in [4.78, 5) is 27.7. The SMILES string of the molecule is COC(=O)c1ccccc1Nc1nc(Cc2cc(C)c(C3CCN(C)CC3)cc2OC(C)C)nc2cc[nH]c12. The molecule has 3 heterocycles. The van der Waals surface area contributed by atoms with E-state index in [2.05, 4.69) is 55.2 Å². The normalized spacial score (nSPS) is 14.6. The predicted octanol–water partition coefficient (Wildman–Crippen LogP) is 5.98. The lowest BCUT2D eigenvalue weighted by atomic mass is 9.85. The topological polar surface area (TPSA) is 92.4 Å². The number of hydrogen-bond acceptors (Lipinski definition) is 7. The molecule has 2 aromatic carbocycles. The quantitative estimate of drug-likeness (QED) is 0.272. The second-order valence-corrected chi connectivity index (χ2v) is 10.6. The number of aryl methyl sites for hydroxylation is 1. The molecule has 0 bridgehead atoms. The fourth-order valence-corrected chi connectivity index (χ4v) is 5.37. The van der Waals surface area contributed by atoms with Gasteiger partial charge in [0.25, 0.3) is 0 Å². The molecular weight excluding hydrogens is 490 g/mol. The van der Waals surface area contributed by atoms with Gasteiger partial charge in [0, 0.05) is 18.2 Å². The maximum absolute atomic E-state index is 12.3. The van der Waals surface area contributed by atoms with Crippen LogP contribution in [0.2, 0.25) is 0 Å². The molecule has 1 aliphatic rings. The van der Waals surface area contributed by atoms with E-state index < -0.39 is 5.97 Å². The van der Waals surface area contributed by atoms with Crippen LogP contribution in [0.1, 0.15) is 65.5 Å². The number of esters is 1. The second kappa shape index (κ2) is 11.5. The van der Waals surface area contributed by atoms with Crippen molar-refractivity contribution >= 4 is 28.5 Å². The van der Waals surface area contributed by atoms with Gasteiger partial charge in [-0.25, -0.2) is 14.8 Å². The van der Waals surface area contributed by atoms with Crippen LogP contribution in [0.4, 0.5) is 11.5 Å². The minimum atomic E-state index is -0.411. The van der Waals surface area contributed by atoms with Gasteiger partial charge in [-0.15, -0.1) is 0 Å². The number of rotatable bonds is 8. The Kier molecular flexibility index (Phi) is 7.84. The van der Waals surface area contributed by atoms with Crippen molar-refractivity contribution in [3.63, 3.8) is 0 Å². The Morgan fingerprint density at radius 2 is 1.92 bits per heavy atom. The van der Waals surface area contributed by atoms with E-state index in [4.69, 9.17) is 19.4 Å². The minimum absolute atomic E-state index is 0.0527. The van der Waals surface area contributed by atoms with Gasteiger partial charge < -0.3 is 24.7 Å². The molecule has 2 aromatic heterocycles. The number of fused-ring (bicyclic) bond motifs is 1. The lowest BCUT2D eigenvalue weighted by molar-refractivity contribution is 0.0602. The first-order valence-corrected chi connectivity index (χ1v) is 13.6. The highest BCUT2D eigenvalue weighted by molar-refractivity contribution is 5.98. The molecule has 5 rings (SSSR count). The number of nitrogens with one attached hydrogen (secondary N) is 2. The number of hydrogen-bond donors (Lipinski definition) is 2. The number of anilines is 2. The zero-order valence-electron chi connectivity index (χ0n) is 23.4. The number of carbonyl (C=O) groups is 1. The van der Waals surface area contributed by atoms with Crippen molar-refractivity contribution < 1.29 is 14.3 Å². The van der Waals surface area contributed by atoms with E-state index >= 15 is 0 Å². The first-order chi connectivity index (χ1) is 18.8. The Bertz CT molecular complexity index is 1470. The van der Waals surface area contributed by atoms with Gasteiger partial charge in [-0.1, -0.05) is 18.2 Å². The van der Waals surface area contributed by atoms with Crippen LogP contribution in [-0.4, -0.2) is 59.2 Å². The zero-order chi connectivity index (χ0) is 27.5. The van der Waals surface area contributed by atoms with Crippen LogP contribution in [0.25, 0.3) is 11.0 Å². The molecule has 2 N–H and O–H groups in total. The highest BCUT2D eigenvalue weighted by Crippen LogP contribution is 2.36. The summed E-state index contributed by atoms with van der Waals surface area (Å²) in [6.45, 7) is 8.55. The number of methoxy groups -OCH3 is 1. The smallest absolute Gasteiger partial charge is 0.339 e. The minimum Gasteiger partial charge on any atom is -0.491 e. The van der Waals surface area contributed by atoms with Crippen LogP contribution in [0.3, 0.4) is 0 Å². The number of nitrogens with zero attached hydrogens (tertiary/aromatic N) is 3. The van der Waals surface area contributed by atoms with Gasteiger partial charge in [0.05, 0.1) is 30.0 Å². The van der Waals surface area contributed by atoms with Gasteiger partial charge in [0.15, 0.2) is 5.82 Å². The molecule has 1 aliphatic heterocycles. The molecule has 39 heavy (non-hydrogen) atoms. The maximum Gasteiger partial charge on any atom is 0.339 e. The number of piperidine rings is 1. The standard InChI is InChI=1S/C31H37N5O3/c1-19(2)39-27-18-24(21-11-14-36(4)15-12-21)20(3)16-22(27)17-28-33-26-10-13-32-29(26)30(35-28)34-25-9-7-6-8-23(25)31(37)38-5/h6-10,13,16,18-19,21,32H,11-12,14-15,17H2,1-5H3,(H,33,34,35). The third-order valence-electron chi connectivity index (χ3n) is 7.36. The molecule has 204 valence electrons. The summed E-state index contributed by atoms with van der Waals surface area (Å²) in [6.07, 6.45) is 4.73. The molecular formula is C31H37N5O3. The largest absolute Gasteiger partial charge is 0.491 e. The van der Waals surface area contributed by atoms with E-state index in [1.54, 1.807) is 12.1 Å². The lowest BCUT2D eigenvalue weighted by Crippen LogP contribution is -2.29. The first kappa shape index (κ1) is 26.7. The van der Waals surface area contributed by atoms with Gasteiger partial charge in [-0.2, -0.15) is 0 Å². The molecule has 0 atom stereocenters. The molecule has 8 nitrogen and oxygen atoms in total. The molecule has 0 spiro atoms. The summed E-state index contributed by atoms with van der Waals surface area (Å²) < 4.78 is 11.3. The van der Waals surface area contributed by atoms with Crippen molar-refractivity contribution in [2.75, 3.05) is 32.6 Å². The number of aromatic nitrogens is 3. The number of likely N-dealkylation sites (tertiary alicyclic amines) is 1. The number of aromatic amines is 1. The summed E-state index contributed by atoms with van der Waals surface area (Å²) in [6, 6.07) is 13.7. The summed E-state index contributed by atoms with van der Waals surface area (Å²) in [5.74, 6) is 2.30. The summed E-state index contributed by atoms with van der Waals surface area (Å²) in [7, 11) is 3.57. The number of ether oxygens (including phenoxy) is 2. The monoisotopic (exact) mass is 527 g/mol. The molecule has 4 aromatic rings. The van der Waals surface area contributed by atoms with Crippen LogP contribution in [0.5, 0.6) is 5.75 Å². The Morgan fingerprint density at radius 3 is 2.67 bits per heavy atom. The lowest BCUT2D eigenvalue weighted by Gasteiger charge is -2.30. The van der Waals surface area contributed by atoms with E-state index in [0.29, 0.717) is 35.2 Å². The van der Waals surface area contributed by atoms with E-state index in [1.807, 2.05) is 24.4 Å².